The maximum atomic E-state index is 12.4. The summed E-state index contributed by atoms with van der Waals surface area (Å²) in [5.41, 5.74) is 5.30. The maximum absolute atomic E-state index is 12.4. The Hall–Kier alpha value is -0.700. The first-order chi connectivity index (χ1) is 18.0. The van der Waals surface area contributed by atoms with Gasteiger partial charge in [-0.2, -0.15) is 0 Å². The van der Waals surface area contributed by atoms with Crippen LogP contribution in [0.3, 0.4) is 0 Å². The molecule has 0 aliphatic carbocycles. The van der Waals surface area contributed by atoms with Gasteiger partial charge in [0, 0.05) is 13.7 Å². The highest BCUT2D eigenvalue weighted by Crippen LogP contribution is 2.44. The molecule has 10 heteroatoms. The number of primary amides is 1. The average Bonchev–Trinajstić information content (AvgIpc) is 2.81. The van der Waals surface area contributed by atoms with Gasteiger partial charge in [-0.25, -0.2) is 9.36 Å². The van der Waals surface area contributed by atoms with Gasteiger partial charge in [0.15, 0.2) is 0 Å². The van der Waals surface area contributed by atoms with Gasteiger partial charge < -0.3 is 24.7 Å². The number of unbranched alkanes of at least 4 members (excludes halogenated alkanes) is 15. The van der Waals surface area contributed by atoms with Crippen LogP contribution in [-0.4, -0.2) is 87.5 Å². The van der Waals surface area contributed by atoms with Crippen LogP contribution >= 0.6 is 7.82 Å². The average molecular weight is 567 g/mol. The van der Waals surface area contributed by atoms with Gasteiger partial charge in [-0.05, 0) is 6.42 Å². The van der Waals surface area contributed by atoms with Crippen LogP contribution in [0, 0.1) is 0 Å². The Balaban J connectivity index is 3.91. The summed E-state index contributed by atoms with van der Waals surface area (Å²) in [6, 6.07) is -0.643. The van der Waals surface area contributed by atoms with Crippen LogP contribution in [0.2, 0.25) is 0 Å². The van der Waals surface area contributed by atoms with E-state index < -0.39 is 20.0 Å². The standard InChI is InChI=1S/C28H60N3O6P/c1-6-7-8-9-10-11-12-13-14-15-16-17-18-19-20-21-23-35-26-27(25-30(2)28(29)32)37-38(33,34)36-24-22-31(3,4)5/h27H,6-26H2,1-5H3,(H2-,29,32,33,34)/p+1. The summed E-state index contributed by atoms with van der Waals surface area (Å²) >= 11 is 0. The van der Waals surface area contributed by atoms with Crippen LogP contribution in [0.25, 0.3) is 0 Å². The lowest BCUT2D eigenvalue weighted by Gasteiger charge is -2.26. The van der Waals surface area contributed by atoms with Gasteiger partial charge in [-0.1, -0.05) is 103 Å². The van der Waals surface area contributed by atoms with Gasteiger partial charge in [-0.3, -0.25) is 9.05 Å². The number of nitrogens with zero attached hydrogens (tertiary/aromatic N) is 2. The van der Waals surface area contributed by atoms with Crippen molar-refractivity contribution in [1.82, 2.24) is 4.90 Å². The zero-order valence-corrected chi connectivity index (χ0v) is 26.2. The van der Waals surface area contributed by atoms with E-state index in [0.717, 1.165) is 12.8 Å². The van der Waals surface area contributed by atoms with Gasteiger partial charge in [0.05, 0.1) is 34.3 Å². The first kappa shape index (κ1) is 37.3. The molecule has 0 aromatic heterocycles. The molecule has 0 aliphatic heterocycles. The van der Waals surface area contributed by atoms with Crippen molar-refractivity contribution in [3.05, 3.63) is 0 Å². The number of hydrogen-bond donors (Lipinski definition) is 2. The lowest BCUT2D eigenvalue weighted by Crippen LogP contribution is -2.40. The third-order valence-corrected chi connectivity index (χ3v) is 7.67. The normalized spacial score (nSPS) is 14.4. The van der Waals surface area contributed by atoms with Crippen molar-refractivity contribution in [2.75, 3.05) is 61.1 Å². The van der Waals surface area contributed by atoms with Gasteiger partial charge in [0.25, 0.3) is 0 Å². The predicted molar refractivity (Wildman–Crippen MR) is 156 cm³/mol. The van der Waals surface area contributed by atoms with Crippen LogP contribution in [-0.2, 0) is 18.3 Å². The van der Waals surface area contributed by atoms with Gasteiger partial charge >= 0.3 is 13.9 Å². The summed E-state index contributed by atoms with van der Waals surface area (Å²) in [6.45, 7) is 3.56. The second-order valence-corrected chi connectivity index (χ2v) is 13.0. The van der Waals surface area contributed by atoms with Crippen molar-refractivity contribution in [2.24, 2.45) is 5.73 Å². The van der Waals surface area contributed by atoms with Crippen LogP contribution in [0.15, 0.2) is 0 Å². The zero-order chi connectivity index (χ0) is 28.7. The highest BCUT2D eigenvalue weighted by molar-refractivity contribution is 7.47. The summed E-state index contributed by atoms with van der Waals surface area (Å²) < 4.78 is 29.1. The molecule has 0 bridgehead atoms. The second kappa shape index (κ2) is 23.0. The molecule has 0 aromatic rings. The van der Waals surface area contributed by atoms with E-state index in [1.807, 2.05) is 21.1 Å². The number of amides is 2. The number of phosphoric ester groups is 1. The largest absolute Gasteiger partial charge is 0.472 e. The Morgan fingerprint density at radius 3 is 1.71 bits per heavy atom. The molecule has 3 N–H and O–H groups in total. The third kappa shape index (κ3) is 25.6. The second-order valence-electron chi connectivity index (χ2n) is 11.6. The summed E-state index contributed by atoms with van der Waals surface area (Å²) in [5.74, 6) is 0. The van der Waals surface area contributed by atoms with E-state index in [2.05, 4.69) is 6.92 Å². The van der Waals surface area contributed by atoms with Crippen molar-refractivity contribution in [2.45, 2.75) is 116 Å². The summed E-state index contributed by atoms with van der Waals surface area (Å²) in [4.78, 5) is 22.7. The van der Waals surface area contributed by atoms with Crippen molar-refractivity contribution in [3.8, 4) is 0 Å². The maximum Gasteiger partial charge on any atom is 0.472 e. The minimum atomic E-state index is -4.28. The topological polar surface area (TPSA) is 111 Å². The number of carbonyl (C=O) groups excluding carboxylic acids is 1. The molecule has 38 heavy (non-hydrogen) atoms. The SMILES string of the molecule is CCCCCCCCCCCCCCCCCCOCC(CN(C)C(N)=O)OP(=O)(O)OCC[N+](C)(C)C. The van der Waals surface area contributed by atoms with E-state index in [1.165, 1.54) is 102 Å². The van der Waals surface area contributed by atoms with Crippen molar-refractivity contribution >= 4 is 13.9 Å². The highest BCUT2D eigenvalue weighted by atomic mass is 31.2. The smallest absolute Gasteiger partial charge is 0.379 e. The lowest BCUT2D eigenvalue weighted by atomic mass is 10.0. The number of nitrogens with two attached hydrogens (primary N) is 1. The molecule has 0 saturated heterocycles. The summed E-state index contributed by atoms with van der Waals surface area (Å²) in [7, 11) is 3.11. The number of hydrogen-bond acceptors (Lipinski definition) is 5. The molecule has 0 fully saturated rings. The summed E-state index contributed by atoms with van der Waals surface area (Å²) in [6.07, 6.45) is 20.2. The Morgan fingerprint density at radius 1 is 0.842 bits per heavy atom. The summed E-state index contributed by atoms with van der Waals surface area (Å²) in [5, 5.41) is 0. The molecule has 0 saturated carbocycles. The van der Waals surface area contributed by atoms with E-state index in [9.17, 15) is 14.3 Å². The first-order valence-electron chi connectivity index (χ1n) is 15.0. The molecule has 0 rings (SSSR count). The fourth-order valence-corrected chi connectivity index (χ4v) is 5.01. The molecule has 2 unspecified atom stereocenters. The molecule has 0 spiro atoms. The number of carbonyl (C=O) groups is 1. The fourth-order valence-electron chi connectivity index (χ4n) is 4.13. The van der Waals surface area contributed by atoms with E-state index in [4.69, 9.17) is 19.5 Å². The molecule has 9 nitrogen and oxygen atoms in total. The molecular formula is C28H61N3O6P+. The van der Waals surface area contributed by atoms with Gasteiger partial charge in [0.2, 0.25) is 0 Å². The van der Waals surface area contributed by atoms with Crippen LogP contribution in [0.4, 0.5) is 4.79 Å². The number of quaternary nitrogens is 1. The molecular weight excluding hydrogens is 505 g/mol. The Bertz CT molecular complexity index is 618. The zero-order valence-electron chi connectivity index (χ0n) is 25.3. The minimum Gasteiger partial charge on any atom is -0.379 e. The highest BCUT2D eigenvalue weighted by Gasteiger charge is 2.29. The van der Waals surface area contributed by atoms with Crippen LogP contribution in [0.1, 0.15) is 110 Å². The van der Waals surface area contributed by atoms with E-state index in [1.54, 1.807) is 0 Å². The Kier molecular flexibility index (Phi) is 22.6. The number of rotatable bonds is 27. The number of ether oxygens (including phenoxy) is 1. The molecule has 0 heterocycles. The molecule has 2 atom stereocenters. The lowest BCUT2D eigenvalue weighted by molar-refractivity contribution is -0.870. The monoisotopic (exact) mass is 566 g/mol. The Labute approximate surface area is 234 Å². The van der Waals surface area contributed by atoms with Gasteiger partial charge in [-0.15, -0.1) is 0 Å². The van der Waals surface area contributed by atoms with Crippen molar-refractivity contribution in [1.29, 1.82) is 0 Å². The van der Waals surface area contributed by atoms with Crippen molar-refractivity contribution in [3.63, 3.8) is 0 Å². The Morgan fingerprint density at radius 2 is 1.29 bits per heavy atom. The molecule has 0 aliphatic rings. The molecule has 2 amide bonds. The van der Waals surface area contributed by atoms with Gasteiger partial charge in [0.1, 0.15) is 19.3 Å². The minimum absolute atomic E-state index is 0.0392. The van der Waals surface area contributed by atoms with E-state index in [0.29, 0.717) is 17.6 Å². The number of urea groups is 1. The molecule has 0 aromatic carbocycles. The third-order valence-electron chi connectivity index (χ3n) is 6.60. The molecule has 0 radical (unpaired) electrons. The van der Waals surface area contributed by atoms with E-state index >= 15 is 0 Å². The van der Waals surface area contributed by atoms with Crippen LogP contribution in [0.5, 0.6) is 0 Å². The van der Waals surface area contributed by atoms with Crippen molar-refractivity contribution < 1.29 is 32.5 Å². The quantitative estimate of drug-likeness (QED) is 0.0668. The first-order valence-corrected chi connectivity index (χ1v) is 16.5. The fraction of sp³-hybridized carbons (Fsp3) is 0.964. The number of phosphoric acid groups is 1. The molecule has 228 valence electrons. The number of likely N-dealkylation sites (N-methyl/N-ethyl adjacent to an activating group) is 2. The van der Waals surface area contributed by atoms with E-state index in [-0.39, 0.29) is 19.8 Å². The van der Waals surface area contributed by atoms with Crippen LogP contribution < -0.4 is 5.73 Å². The predicted octanol–water partition coefficient (Wildman–Crippen LogP) is 6.48.